The predicted molar refractivity (Wildman–Crippen MR) is 134 cm³/mol. The molecule has 3 heterocycles. The van der Waals surface area contributed by atoms with Crippen molar-refractivity contribution in [2.75, 3.05) is 30.0 Å². The van der Waals surface area contributed by atoms with Crippen LogP contribution in [-0.4, -0.2) is 41.8 Å². The van der Waals surface area contributed by atoms with Crippen LogP contribution in [0, 0.1) is 5.41 Å². The van der Waals surface area contributed by atoms with Gasteiger partial charge < -0.3 is 14.5 Å². The van der Waals surface area contributed by atoms with Crippen LogP contribution >= 0.6 is 0 Å². The van der Waals surface area contributed by atoms with Crippen LogP contribution in [-0.2, 0) is 11.2 Å². The number of carbonyl (C=O) groups is 2. The van der Waals surface area contributed by atoms with Crippen molar-refractivity contribution in [3.05, 3.63) is 66.0 Å². The number of nitrogens with zero attached hydrogens (tertiary/aromatic N) is 4. The van der Waals surface area contributed by atoms with Crippen LogP contribution in [0.4, 0.5) is 11.4 Å². The number of anilines is 2. The molecular weight excluding hydrogens is 440 g/mol. The molecule has 1 saturated carbocycles. The van der Waals surface area contributed by atoms with Crippen molar-refractivity contribution in [2.24, 2.45) is 5.41 Å². The molecule has 1 saturated heterocycles. The molecule has 0 unspecified atom stereocenters. The highest BCUT2D eigenvalue weighted by atomic mass is 16.5. The van der Waals surface area contributed by atoms with Gasteiger partial charge in [0.25, 0.3) is 5.91 Å². The van der Waals surface area contributed by atoms with E-state index in [-0.39, 0.29) is 17.2 Å². The average molecular weight is 471 g/mol. The summed E-state index contributed by atoms with van der Waals surface area (Å²) in [5, 5.41) is 4.50. The predicted octanol–water partition coefficient (Wildman–Crippen LogP) is 4.77. The number of hydrogen-bond donors (Lipinski definition) is 0. The molecule has 1 spiro atoms. The summed E-state index contributed by atoms with van der Waals surface area (Å²) < 4.78 is 6.96. The number of ether oxygens (including phenoxy) is 1. The molecule has 2 fully saturated rings. The van der Waals surface area contributed by atoms with E-state index in [1.807, 2.05) is 53.4 Å². The summed E-state index contributed by atoms with van der Waals surface area (Å²) in [6, 6.07) is 15.4. The number of amides is 2. The molecular formula is C28H30N4O3. The average Bonchev–Trinajstić information content (AvgIpc) is 3.52. The maximum absolute atomic E-state index is 13.6. The van der Waals surface area contributed by atoms with E-state index in [1.165, 1.54) is 25.7 Å². The van der Waals surface area contributed by atoms with Crippen molar-refractivity contribution < 1.29 is 14.3 Å². The fourth-order valence-electron chi connectivity index (χ4n) is 6.04. The zero-order chi connectivity index (χ0) is 24.0. The lowest BCUT2D eigenvalue weighted by Gasteiger charge is -2.39. The number of benzene rings is 2. The first-order chi connectivity index (χ1) is 17.1. The lowest BCUT2D eigenvalue weighted by atomic mass is 9.76. The van der Waals surface area contributed by atoms with Gasteiger partial charge in [0.1, 0.15) is 11.4 Å². The largest absolute Gasteiger partial charge is 0.497 e. The normalized spacial score (nSPS) is 19.3. The minimum Gasteiger partial charge on any atom is -0.497 e. The number of carbonyl (C=O) groups excluding carboxylic acids is 2. The summed E-state index contributed by atoms with van der Waals surface area (Å²) in [5.74, 6) is 0.922. The summed E-state index contributed by atoms with van der Waals surface area (Å²) in [6.07, 6.45) is 9.18. The first-order valence-corrected chi connectivity index (χ1v) is 12.5. The Labute approximate surface area is 205 Å². The summed E-state index contributed by atoms with van der Waals surface area (Å²) >= 11 is 0. The molecule has 0 radical (unpaired) electrons. The highest BCUT2D eigenvalue weighted by Gasteiger charge is 2.41. The fourth-order valence-corrected chi connectivity index (χ4v) is 6.04. The van der Waals surface area contributed by atoms with Crippen molar-refractivity contribution >= 4 is 23.2 Å². The van der Waals surface area contributed by atoms with Crippen LogP contribution in [0.15, 0.2) is 54.7 Å². The van der Waals surface area contributed by atoms with Crippen molar-refractivity contribution in [3.63, 3.8) is 0 Å². The van der Waals surface area contributed by atoms with Gasteiger partial charge in [0.05, 0.1) is 19.0 Å². The third-order valence-electron chi connectivity index (χ3n) is 8.04. The van der Waals surface area contributed by atoms with Crippen LogP contribution in [0.1, 0.15) is 54.6 Å². The lowest BCUT2D eigenvalue weighted by Crippen LogP contribution is -2.43. The second kappa shape index (κ2) is 8.56. The Balaban J connectivity index is 1.21. The summed E-state index contributed by atoms with van der Waals surface area (Å²) in [6.45, 7) is 1.38. The maximum atomic E-state index is 13.6. The third kappa shape index (κ3) is 3.79. The number of rotatable bonds is 4. The van der Waals surface area contributed by atoms with E-state index in [2.05, 4.69) is 5.10 Å². The van der Waals surface area contributed by atoms with E-state index in [0.29, 0.717) is 18.7 Å². The molecule has 3 aliphatic rings. The van der Waals surface area contributed by atoms with Crippen LogP contribution in [0.2, 0.25) is 0 Å². The quantitative estimate of drug-likeness (QED) is 0.551. The monoisotopic (exact) mass is 470 g/mol. The Bertz CT molecular complexity index is 1260. The Morgan fingerprint density at radius 2 is 1.49 bits per heavy atom. The summed E-state index contributed by atoms with van der Waals surface area (Å²) in [5.41, 5.74) is 4.38. The van der Waals surface area contributed by atoms with E-state index in [9.17, 15) is 9.59 Å². The molecule has 1 aliphatic carbocycles. The fraction of sp³-hybridized carbons (Fsp3) is 0.393. The van der Waals surface area contributed by atoms with E-state index < -0.39 is 0 Å². The van der Waals surface area contributed by atoms with Gasteiger partial charge in [-0.3, -0.25) is 9.59 Å². The van der Waals surface area contributed by atoms with Crippen LogP contribution in [0.25, 0.3) is 5.69 Å². The number of fused-ring (bicyclic) bond motifs is 1. The minimum absolute atomic E-state index is 0.0652. The Kier molecular flexibility index (Phi) is 5.35. The number of hydrogen-bond acceptors (Lipinski definition) is 4. The summed E-state index contributed by atoms with van der Waals surface area (Å²) in [4.78, 5) is 30.2. The van der Waals surface area contributed by atoms with Crippen LogP contribution < -0.4 is 14.5 Å². The molecule has 0 N–H and O–H groups in total. The third-order valence-corrected chi connectivity index (χ3v) is 8.04. The lowest BCUT2D eigenvalue weighted by molar-refractivity contribution is -0.122. The van der Waals surface area contributed by atoms with Gasteiger partial charge >= 0.3 is 0 Å². The number of piperidine rings is 1. The number of aromatic nitrogens is 2. The van der Waals surface area contributed by atoms with Gasteiger partial charge in [-0.15, -0.1) is 0 Å². The van der Waals surface area contributed by atoms with Gasteiger partial charge in [-0.05, 0) is 79.6 Å². The van der Waals surface area contributed by atoms with Gasteiger partial charge in [0.2, 0.25) is 5.91 Å². The zero-order valence-corrected chi connectivity index (χ0v) is 20.1. The van der Waals surface area contributed by atoms with E-state index in [0.717, 1.165) is 47.8 Å². The number of methoxy groups -OCH3 is 1. The van der Waals surface area contributed by atoms with Gasteiger partial charge in [0.15, 0.2) is 0 Å². The Morgan fingerprint density at radius 3 is 2.14 bits per heavy atom. The van der Waals surface area contributed by atoms with Crippen molar-refractivity contribution in [1.29, 1.82) is 0 Å². The highest BCUT2D eigenvalue weighted by molar-refractivity contribution is 6.07. The summed E-state index contributed by atoms with van der Waals surface area (Å²) in [7, 11) is 1.63. The molecule has 7 nitrogen and oxygen atoms in total. The molecule has 7 heteroatoms. The molecule has 35 heavy (non-hydrogen) atoms. The molecule has 1 aromatic heterocycles. The minimum atomic E-state index is -0.0652. The van der Waals surface area contributed by atoms with Crippen molar-refractivity contribution in [3.8, 4) is 11.4 Å². The van der Waals surface area contributed by atoms with Gasteiger partial charge in [-0.2, -0.15) is 5.10 Å². The molecule has 2 aliphatic heterocycles. The molecule has 3 aromatic rings. The van der Waals surface area contributed by atoms with Crippen molar-refractivity contribution in [2.45, 2.75) is 44.9 Å². The molecule has 6 rings (SSSR count). The molecule has 2 aromatic carbocycles. The Hall–Kier alpha value is -3.61. The molecule has 180 valence electrons. The highest BCUT2D eigenvalue weighted by Crippen LogP contribution is 2.47. The van der Waals surface area contributed by atoms with Crippen molar-refractivity contribution in [1.82, 2.24) is 9.78 Å². The first kappa shape index (κ1) is 21.9. The van der Waals surface area contributed by atoms with E-state index >= 15 is 0 Å². The van der Waals surface area contributed by atoms with Crippen LogP contribution in [0.5, 0.6) is 5.75 Å². The molecule has 2 amide bonds. The SMILES string of the molecule is COc1ccc(-n2ncc3c2C(=O)N(c2ccc(N4CCC5(CCCC5)CC4=O)cc2)CC3)cc1. The zero-order valence-electron chi connectivity index (χ0n) is 20.1. The Morgan fingerprint density at radius 1 is 0.829 bits per heavy atom. The maximum Gasteiger partial charge on any atom is 0.277 e. The standard InChI is InChI=1S/C28H30N4O3/c1-35-24-10-8-23(9-11-24)32-26-20(19-29-32)12-16-31(27(26)34)22-6-4-21(5-7-22)30-17-15-28(18-25(30)33)13-2-3-14-28/h4-11,19H,2-3,12-18H2,1H3. The van der Waals surface area contributed by atoms with E-state index in [4.69, 9.17) is 4.74 Å². The topological polar surface area (TPSA) is 67.7 Å². The van der Waals surface area contributed by atoms with Crippen LogP contribution in [0.3, 0.4) is 0 Å². The van der Waals surface area contributed by atoms with Gasteiger partial charge in [0, 0.05) is 36.4 Å². The van der Waals surface area contributed by atoms with E-state index in [1.54, 1.807) is 22.9 Å². The molecule has 0 bridgehead atoms. The second-order valence-corrected chi connectivity index (χ2v) is 10.0. The first-order valence-electron chi connectivity index (χ1n) is 12.5. The molecule has 0 atom stereocenters. The second-order valence-electron chi connectivity index (χ2n) is 10.0. The van der Waals surface area contributed by atoms with Gasteiger partial charge in [-0.25, -0.2) is 4.68 Å². The van der Waals surface area contributed by atoms with Gasteiger partial charge in [-0.1, -0.05) is 12.8 Å². The smallest absolute Gasteiger partial charge is 0.277 e.